The summed E-state index contributed by atoms with van der Waals surface area (Å²) >= 11 is 5.53. The van der Waals surface area contributed by atoms with Crippen molar-refractivity contribution in [3.8, 4) is 0 Å². The van der Waals surface area contributed by atoms with Crippen molar-refractivity contribution in [1.29, 1.82) is 0 Å². The van der Waals surface area contributed by atoms with E-state index in [1.54, 1.807) is 0 Å². The Balaban J connectivity index is 1.59. The van der Waals surface area contributed by atoms with Gasteiger partial charge in [-0.2, -0.15) is 5.10 Å². The maximum absolute atomic E-state index is 11.8. The van der Waals surface area contributed by atoms with Crippen molar-refractivity contribution >= 4 is 27.2 Å². The second-order valence-corrected chi connectivity index (χ2v) is 10.1. The highest BCUT2D eigenvalue weighted by atomic mass is 32.2. The highest BCUT2D eigenvalue weighted by Gasteiger charge is 2.31. The summed E-state index contributed by atoms with van der Waals surface area (Å²) in [5.41, 5.74) is 4.35. The summed E-state index contributed by atoms with van der Waals surface area (Å²) in [6.07, 6.45) is 1.56. The van der Waals surface area contributed by atoms with Gasteiger partial charge in [-0.1, -0.05) is 30.3 Å². The summed E-state index contributed by atoms with van der Waals surface area (Å²) < 4.78 is 25.5. The van der Waals surface area contributed by atoms with E-state index in [-0.39, 0.29) is 17.5 Å². The molecule has 152 valence electrons. The summed E-state index contributed by atoms with van der Waals surface area (Å²) in [6, 6.07) is 10.3. The van der Waals surface area contributed by atoms with Crippen LogP contribution in [0, 0.1) is 13.8 Å². The minimum absolute atomic E-state index is 0.0568. The third-order valence-electron chi connectivity index (χ3n) is 5.30. The molecule has 3 rings (SSSR count). The number of thiocarbonyl (C=S) groups is 1. The molecule has 0 aliphatic carbocycles. The molecular formula is C20H28N4O2S2. The third kappa shape index (κ3) is 4.91. The summed E-state index contributed by atoms with van der Waals surface area (Å²) in [5.74, 6) is 0.435. The lowest BCUT2D eigenvalue weighted by molar-refractivity contribution is 0.474. The normalized spacial score (nSPS) is 18.2. The predicted octanol–water partition coefficient (Wildman–Crippen LogP) is 2.41. The second kappa shape index (κ2) is 8.61. The first kappa shape index (κ1) is 20.8. The number of benzene rings is 1. The fourth-order valence-electron chi connectivity index (χ4n) is 3.65. The molecule has 1 aromatic heterocycles. The Bertz CT molecular complexity index is 939. The van der Waals surface area contributed by atoms with E-state index < -0.39 is 9.84 Å². The molecule has 0 unspecified atom stereocenters. The van der Waals surface area contributed by atoms with Crippen molar-refractivity contribution in [3.05, 3.63) is 52.8 Å². The third-order valence-corrected chi connectivity index (χ3v) is 7.51. The molecule has 1 aliphatic heterocycles. The average molecular weight is 421 g/mol. The van der Waals surface area contributed by atoms with Crippen LogP contribution in [0.1, 0.15) is 35.0 Å². The fourth-order valence-corrected chi connectivity index (χ4v) is 5.51. The first-order valence-corrected chi connectivity index (χ1v) is 11.8. The summed E-state index contributed by atoms with van der Waals surface area (Å²) in [4.78, 5) is 2.01. The average Bonchev–Trinajstić information content (AvgIpc) is 3.15. The Labute approximate surface area is 172 Å². The van der Waals surface area contributed by atoms with Crippen LogP contribution in [0.25, 0.3) is 0 Å². The lowest BCUT2D eigenvalue weighted by Crippen LogP contribution is -2.37. The molecule has 1 N–H and O–H groups in total. The molecule has 6 nitrogen and oxygen atoms in total. The van der Waals surface area contributed by atoms with Crippen LogP contribution in [0.3, 0.4) is 0 Å². The fraction of sp³-hybridized carbons (Fsp3) is 0.500. The van der Waals surface area contributed by atoms with Crippen molar-refractivity contribution in [2.24, 2.45) is 0 Å². The molecule has 8 heteroatoms. The smallest absolute Gasteiger partial charge is 0.168 e. The zero-order chi connectivity index (χ0) is 20.3. The SMILES string of the molecule is Cc1nn([C@@H]2CCS(=O)(=O)C2)c(C)c1CN(C)C(=S)NCCc1ccccc1. The van der Waals surface area contributed by atoms with Crippen molar-refractivity contribution in [2.45, 2.75) is 39.3 Å². The summed E-state index contributed by atoms with van der Waals surface area (Å²) in [6.45, 7) is 5.42. The molecule has 0 bridgehead atoms. The number of nitrogens with zero attached hydrogens (tertiary/aromatic N) is 3. The van der Waals surface area contributed by atoms with Crippen LogP contribution in [0.5, 0.6) is 0 Å². The van der Waals surface area contributed by atoms with E-state index >= 15 is 0 Å². The van der Waals surface area contributed by atoms with E-state index in [4.69, 9.17) is 12.2 Å². The molecule has 28 heavy (non-hydrogen) atoms. The number of aryl methyl sites for hydroxylation is 1. The van der Waals surface area contributed by atoms with Gasteiger partial charge in [0.2, 0.25) is 0 Å². The second-order valence-electron chi connectivity index (χ2n) is 7.47. The molecule has 0 spiro atoms. The topological polar surface area (TPSA) is 67.2 Å². The number of sulfone groups is 1. The van der Waals surface area contributed by atoms with Gasteiger partial charge in [0, 0.05) is 31.4 Å². The van der Waals surface area contributed by atoms with E-state index in [1.807, 2.05) is 48.7 Å². The Morgan fingerprint density at radius 2 is 2.04 bits per heavy atom. The van der Waals surface area contributed by atoms with E-state index in [9.17, 15) is 8.42 Å². The van der Waals surface area contributed by atoms with Crippen LogP contribution in [-0.2, 0) is 22.8 Å². The molecule has 0 saturated carbocycles. The van der Waals surface area contributed by atoms with Crippen LogP contribution in [0.15, 0.2) is 30.3 Å². The maximum Gasteiger partial charge on any atom is 0.168 e. The van der Waals surface area contributed by atoms with Crippen LogP contribution in [0.4, 0.5) is 0 Å². The lowest BCUT2D eigenvalue weighted by atomic mass is 10.1. The predicted molar refractivity (Wildman–Crippen MR) is 116 cm³/mol. The zero-order valence-electron chi connectivity index (χ0n) is 16.7. The molecule has 0 amide bonds. The van der Waals surface area contributed by atoms with Crippen molar-refractivity contribution in [2.75, 3.05) is 25.1 Å². The Morgan fingerprint density at radius 3 is 2.68 bits per heavy atom. The van der Waals surface area contributed by atoms with Gasteiger partial charge in [-0.3, -0.25) is 4.68 Å². The number of hydrogen-bond acceptors (Lipinski definition) is 4. The monoisotopic (exact) mass is 420 g/mol. The molecule has 1 aliphatic rings. The largest absolute Gasteiger partial charge is 0.362 e. The van der Waals surface area contributed by atoms with Crippen molar-refractivity contribution in [3.63, 3.8) is 0 Å². The highest BCUT2D eigenvalue weighted by Crippen LogP contribution is 2.27. The highest BCUT2D eigenvalue weighted by molar-refractivity contribution is 7.91. The number of aromatic nitrogens is 2. The van der Waals surface area contributed by atoms with E-state index in [2.05, 4.69) is 22.5 Å². The van der Waals surface area contributed by atoms with Crippen LogP contribution in [-0.4, -0.2) is 53.3 Å². The van der Waals surface area contributed by atoms with E-state index in [1.165, 1.54) is 5.56 Å². The van der Waals surface area contributed by atoms with Gasteiger partial charge in [0.1, 0.15) is 0 Å². The maximum atomic E-state index is 11.8. The van der Waals surface area contributed by atoms with Gasteiger partial charge in [0.25, 0.3) is 0 Å². The Hall–Kier alpha value is -1.93. The van der Waals surface area contributed by atoms with Gasteiger partial charge in [0.15, 0.2) is 14.9 Å². The summed E-state index contributed by atoms with van der Waals surface area (Å²) in [7, 11) is -0.969. The minimum atomic E-state index is -2.94. The van der Waals surface area contributed by atoms with E-state index in [0.29, 0.717) is 18.1 Å². The first-order valence-electron chi connectivity index (χ1n) is 9.55. The molecule has 1 aromatic carbocycles. The molecule has 2 heterocycles. The molecule has 0 radical (unpaired) electrons. The minimum Gasteiger partial charge on any atom is -0.362 e. The van der Waals surface area contributed by atoms with Gasteiger partial charge in [-0.15, -0.1) is 0 Å². The zero-order valence-corrected chi connectivity index (χ0v) is 18.3. The molecule has 1 fully saturated rings. The first-order chi connectivity index (χ1) is 13.3. The van der Waals surface area contributed by atoms with Gasteiger partial charge in [0.05, 0.1) is 23.2 Å². The Kier molecular flexibility index (Phi) is 6.40. The van der Waals surface area contributed by atoms with Crippen LogP contribution in [0.2, 0.25) is 0 Å². The molecule has 1 atom stereocenters. The lowest BCUT2D eigenvalue weighted by Gasteiger charge is -2.21. The van der Waals surface area contributed by atoms with Gasteiger partial charge in [-0.25, -0.2) is 8.42 Å². The van der Waals surface area contributed by atoms with Gasteiger partial charge in [-0.05, 0) is 44.5 Å². The van der Waals surface area contributed by atoms with Crippen LogP contribution >= 0.6 is 12.2 Å². The quantitative estimate of drug-likeness (QED) is 0.724. The number of nitrogens with one attached hydrogen (secondary N) is 1. The molecule has 2 aromatic rings. The van der Waals surface area contributed by atoms with Crippen molar-refractivity contribution in [1.82, 2.24) is 20.0 Å². The number of rotatable bonds is 6. The van der Waals surface area contributed by atoms with E-state index in [0.717, 1.165) is 29.9 Å². The Morgan fingerprint density at radius 1 is 1.32 bits per heavy atom. The molecule has 1 saturated heterocycles. The standard InChI is InChI=1S/C20H28N4O2S2/c1-15-19(16(2)24(22-15)18-10-12-28(25,26)14-18)13-23(3)20(27)21-11-9-17-7-5-4-6-8-17/h4-8,18H,9-14H2,1-3H3,(H,21,27)/t18-/m1/s1. The summed E-state index contributed by atoms with van der Waals surface area (Å²) in [5, 5.41) is 8.65. The van der Waals surface area contributed by atoms with Crippen LogP contribution < -0.4 is 5.32 Å². The van der Waals surface area contributed by atoms with Gasteiger partial charge < -0.3 is 10.2 Å². The molecular weight excluding hydrogens is 392 g/mol. The van der Waals surface area contributed by atoms with Crippen molar-refractivity contribution < 1.29 is 8.42 Å². The number of hydrogen-bond donors (Lipinski definition) is 1. The van der Waals surface area contributed by atoms with Gasteiger partial charge >= 0.3 is 0 Å².